The number of aromatic nitrogens is 1. The van der Waals surface area contributed by atoms with E-state index in [2.05, 4.69) is 26.0 Å². The fourth-order valence-corrected chi connectivity index (χ4v) is 3.99. The quantitative estimate of drug-likeness (QED) is 0.433. The van der Waals surface area contributed by atoms with Crippen molar-refractivity contribution in [2.24, 2.45) is 0 Å². The number of likely N-dealkylation sites (N-methyl/N-ethyl adjacent to an activating group) is 1. The maximum atomic E-state index is 12.0. The summed E-state index contributed by atoms with van der Waals surface area (Å²) in [5.74, 6) is 1.63. The molecule has 0 saturated carbocycles. The number of aromatic amines is 1. The second-order valence-electron chi connectivity index (χ2n) is 5.81. The van der Waals surface area contributed by atoms with Crippen LogP contribution in [0.1, 0.15) is 25.3 Å². The van der Waals surface area contributed by atoms with Crippen LogP contribution in [0, 0.1) is 0 Å². The van der Waals surface area contributed by atoms with Crippen molar-refractivity contribution in [3.8, 4) is 5.75 Å². The molecule has 0 saturated heterocycles. The first-order chi connectivity index (χ1) is 11.1. The van der Waals surface area contributed by atoms with E-state index in [1.54, 1.807) is 10.8 Å². The first-order valence-electron chi connectivity index (χ1n) is 8.01. The number of hydrogen-bond donors (Lipinski definition) is 2. The van der Waals surface area contributed by atoms with Crippen LogP contribution in [0.25, 0.3) is 10.9 Å². The molecule has 23 heavy (non-hydrogen) atoms. The smallest absolute Gasteiger partial charge is 0.383 e. The van der Waals surface area contributed by atoms with Crippen molar-refractivity contribution in [2.75, 3.05) is 26.4 Å². The molecule has 0 fully saturated rings. The first kappa shape index (κ1) is 18.2. The van der Waals surface area contributed by atoms with E-state index >= 15 is 0 Å². The molecular formula is C17H25N2O2S2+. The molecule has 126 valence electrons. The molecule has 0 unspecified atom stereocenters. The van der Waals surface area contributed by atoms with Gasteiger partial charge in [0.05, 0.1) is 20.6 Å². The summed E-state index contributed by atoms with van der Waals surface area (Å²) in [6.45, 7) is 3.18. The van der Waals surface area contributed by atoms with Gasteiger partial charge in [0.15, 0.2) is 0 Å². The number of quaternary nitrogens is 1. The molecule has 0 aliphatic rings. The van der Waals surface area contributed by atoms with Gasteiger partial charge >= 0.3 is 5.30 Å². The second kappa shape index (κ2) is 9.25. The topological polar surface area (TPSA) is 46.5 Å². The lowest BCUT2D eigenvalue weighted by molar-refractivity contribution is -0.858. The molecule has 4 nitrogen and oxygen atoms in total. The Morgan fingerprint density at radius 3 is 2.91 bits per heavy atom. The Kier molecular flexibility index (Phi) is 7.33. The highest BCUT2D eigenvalue weighted by molar-refractivity contribution is 8.82. The maximum absolute atomic E-state index is 12.0. The SMILES string of the molecule is CCCCSSC(=O)Oc1cccc2[nH]cc(CC[NH+](C)C)c12. The zero-order chi connectivity index (χ0) is 16.7. The Morgan fingerprint density at radius 2 is 2.17 bits per heavy atom. The number of H-pyrrole nitrogens is 1. The highest BCUT2D eigenvalue weighted by Crippen LogP contribution is 2.32. The van der Waals surface area contributed by atoms with Crippen LogP contribution in [-0.4, -0.2) is 36.7 Å². The van der Waals surface area contributed by atoms with E-state index < -0.39 is 0 Å². The highest BCUT2D eigenvalue weighted by atomic mass is 33.1. The standard InChI is InChI=1S/C17H24N2O2S2/c1-4-5-11-22-23-17(20)21-15-8-6-7-14-16(15)13(12-18-14)9-10-19(2)3/h6-8,12,18H,4-5,9-11H2,1-3H3/p+1. The summed E-state index contributed by atoms with van der Waals surface area (Å²) in [4.78, 5) is 16.7. The van der Waals surface area contributed by atoms with E-state index in [-0.39, 0.29) is 5.30 Å². The Balaban J connectivity index is 2.07. The van der Waals surface area contributed by atoms with Crippen LogP contribution in [0.3, 0.4) is 0 Å². The van der Waals surface area contributed by atoms with E-state index in [1.165, 1.54) is 21.3 Å². The Bertz CT molecular complexity index is 641. The summed E-state index contributed by atoms with van der Waals surface area (Å²) >= 11 is 0. The van der Waals surface area contributed by atoms with Gasteiger partial charge in [0.1, 0.15) is 5.75 Å². The van der Waals surface area contributed by atoms with Crippen LogP contribution in [-0.2, 0) is 6.42 Å². The first-order valence-corrected chi connectivity index (χ1v) is 10.3. The van der Waals surface area contributed by atoms with Gasteiger partial charge in [-0.1, -0.05) is 30.2 Å². The molecule has 1 heterocycles. The van der Waals surface area contributed by atoms with E-state index in [0.29, 0.717) is 5.75 Å². The largest absolute Gasteiger partial charge is 0.417 e. The van der Waals surface area contributed by atoms with Crippen LogP contribution in [0.2, 0.25) is 0 Å². The molecule has 6 heteroatoms. The van der Waals surface area contributed by atoms with E-state index in [1.807, 2.05) is 24.4 Å². The second-order valence-corrected chi connectivity index (χ2v) is 8.16. The Labute approximate surface area is 145 Å². The zero-order valence-electron chi connectivity index (χ0n) is 14.0. The van der Waals surface area contributed by atoms with Crippen molar-refractivity contribution in [3.63, 3.8) is 0 Å². The van der Waals surface area contributed by atoms with Crippen LogP contribution >= 0.6 is 21.6 Å². The molecule has 1 aromatic heterocycles. The molecule has 0 radical (unpaired) electrons. The minimum Gasteiger partial charge on any atom is -0.417 e. The van der Waals surface area contributed by atoms with Gasteiger partial charge in [-0.2, -0.15) is 0 Å². The van der Waals surface area contributed by atoms with Gasteiger partial charge in [0.2, 0.25) is 0 Å². The van der Waals surface area contributed by atoms with E-state index in [0.717, 1.165) is 42.5 Å². The summed E-state index contributed by atoms with van der Waals surface area (Å²) in [6.07, 6.45) is 5.24. The highest BCUT2D eigenvalue weighted by Gasteiger charge is 2.14. The number of hydrogen-bond acceptors (Lipinski definition) is 4. The number of carbonyl (C=O) groups is 1. The zero-order valence-corrected chi connectivity index (χ0v) is 15.6. The van der Waals surface area contributed by atoms with Crippen molar-refractivity contribution in [1.82, 2.24) is 4.98 Å². The molecular weight excluding hydrogens is 328 g/mol. The number of fused-ring (bicyclic) bond motifs is 1. The Morgan fingerprint density at radius 1 is 1.35 bits per heavy atom. The van der Waals surface area contributed by atoms with Gasteiger partial charge in [0, 0.05) is 40.1 Å². The number of benzene rings is 1. The molecule has 2 rings (SSSR count). The average Bonchev–Trinajstić information content (AvgIpc) is 2.94. The number of rotatable bonds is 8. The lowest BCUT2D eigenvalue weighted by Crippen LogP contribution is -3.05. The number of nitrogens with one attached hydrogen (secondary N) is 2. The minimum absolute atomic E-state index is 0.246. The van der Waals surface area contributed by atoms with E-state index in [9.17, 15) is 4.79 Å². The van der Waals surface area contributed by atoms with Gasteiger partial charge in [0.25, 0.3) is 0 Å². The van der Waals surface area contributed by atoms with Gasteiger partial charge in [-0.3, -0.25) is 0 Å². The molecule has 2 aromatic rings. The molecule has 0 aliphatic carbocycles. The van der Waals surface area contributed by atoms with Crippen LogP contribution in [0.15, 0.2) is 24.4 Å². The monoisotopic (exact) mass is 353 g/mol. The minimum atomic E-state index is -0.246. The predicted octanol–water partition coefficient (Wildman–Crippen LogP) is 3.54. The number of ether oxygens (including phenoxy) is 1. The van der Waals surface area contributed by atoms with Gasteiger partial charge in [-0.05, 0) is 24.1 Å². The molecule has 2 N–H and O–H groups in total. The predicted molar refractivity (Wildman–Crippen MR) is 101 cm³/mol. The third kappa shape index (κ3) is 5.48. The van der Waals surface area contributed by atoms with Gasteiger partial charge in [-0.15, -0.1) is 0 Å². The molecule has 0 amide bonds. The van der Waals surface area contributed by atoms with Crippen LogP contribution in [0.5, 0.6) is 5.75 Å². The number of carbonyl (C=O) groups excluding carboxylic acids is 1. The summed E-state index contributed by atoms with van der Waals surface area (Å²) in [7, 11) is 7.03. The summed E-state index contributed by atoms with van der Waals surface area (Å²) in [5, 5.41) is 0.783. The summed E-state index contributed by atoms with van der Waals surface area (Å²) in [5.41, 5.74) is 2.22. The number of unbranched alkanes of at least 4 members (excludes halogenated alkanes) is 1. The fraction of sp³-hybridized carbons (Fsp3) is 0.471. The summed E-state index contributed by atoms with van der Waals surface area (Å²) in [6, 6.07) is 5.80. The van der Waals surface area contributed by atoms with E-state index in [4.69, 9.17) is 4.74 Å². The Hall–Kier alpha value is -1.11. The van der Waals surface area contributed by atoms with Crippen molar-refractivity contribution >= 4 is 37.8 Å². The molecule has 0 bridgehead atoms. The normalized spacial score (nSPS) is 11.3. The lowest BCUT2D eigenvalue weighted by atomic mass is 10.1. The van der Waals surface area contributed by atoms with Crippen molar-refractivity contribution < 1.29 is 14.4 Å². The molecule has 0 aliphatic heterocycles. The third-order valence-corrected chi connectivity index (χ3v) is 5.60. The summed E-state index contributed by atoms with van der Waals surface area (Å²) < 4.78 is 5.59. The van der Waals surface area contributed by atoms with Gasteiger partial charge < -0.3 is 14.6 Å². The van der Waals surface area contributed by atoms with Gasteiger partial charge in [-0.25, -0.2) is 4.79 Å². The lowest BCUT2D eigenvalue weighted by Gasteiger charge is -2.08. The van der Waals surface area contributed by atoms with Crippen molar-refractivity contribution in [3.05, 3.63) is 30.0 Å². The third-order valence-electron chi connectivity index (χ3n) is 3.55. The van der Waals surface area contributed by atoms with Crippen molar-refractivity contribution in [1.29, 1.82) is 0 Å². The molecule has 1 aromatic carbocycles. The van der Waals surface area contributed by atoms with Crippen molar-refractivity contribution in [2.45, 2.75) is 26.2 Å². The van der Waals surface area contributed by atoms with Crippen LogP contribution < -0.4 is 9.64 Å². The van der Waals surface area contributed by atoms with Crippen LogP contribution in [0.4, 0.5) is 4.79 Å². The average molecular weight is 354 g/mol. The maximum Gasteiger partial charge on any atom is 0.383 e. The fourth-order valence-electron chi connectivity index (χ4n) is 2.29. The molecule has 0 spiro atoms. The molecule has 0 atom stereocenters.